The van der Waals surface area contributed by atoms with E-state index < -0.39 is 0 Å². The molecule has 138 valence electrons. The second-order valence-corrected chi connectivity index (χ2v) is 6.61. The summed E-state index contributed by atoms with van der Waals surface area (Å²) >= 11 is 0. The smallest absolute Gasteiger partial charge is 0.220 e. The van der Waals surface area contributed by atoms with E-state index in [2.05, 4.69) is 22.1 Å². The van der Waals surface area contributed by atoms with Gasteiger partial charge in [0.2, 0.25) is 5.95 Å². The maximum atomic E-state index is 5.92. The van der Waals surface area contributed by atoms with Gasteiger partial charge in [-0.25, -0.2) is 15.0 Å². The van der Waals surface area contributed by atoms with Crippen LogP contribution in [0.3, 0.4) is 0 Å². The highest BCUT2D eigenvalue weighted by Crippen LogP contribution is 2.34. The zero-order valence-electron chi connectivity index (χ0n) is 15.1. The molecule has 0 atom stereocenters. The van der Waals surface area contributed by atoms with Gasteiger partial charge in [0.05, 0.1) is 16.9 Å². The summed E-state index contributed by atoms with van der Waals surface area (Å²) in [6, 6.07) is 19.9. The fraction of sp³-hybridized carbons (Fsp3) is 0.136. The molecule has 1 aliphatic heterocycles. The number of benzene rings is 2. The van der Waals surface area contributed by atoms with E-state index in [0.717, 1.165) is 45.0 Å². The zero-order valence-corrected chi connectivity index (χ0v) is 15.1. The van der Waals surface area contributed by atoms with Crippen LogP contribution in [0.1, 0.15) is 11.3 Å². The third kappa shape index (κ3) is 3.09. The molecule has 3 heterocycles. The first kappa shape index (κ1) is 16.5. The highest BCUT2D eigenvalue weighted by molar-refractivity contribution is 5.81. The van der Waals surface area contributed by atoms with Gasteiger partial charge in [-0.2, -0.15) is 0 Å². The summed E-state index contributed by atoms with van der Waals surface area (Å²) in [6.07, 6.45) is 0.641. The van der Waals surface area contributed by atoms with Crippen LogP contribution in [0.15, 0.2) is 60.7 Å². The fourth-order valence-electron chi connectivity index (χ4n) is 3.37. The van der Waals surface area contributed by atoms with Crippen molar-refractivity contribution in [1.82, 2.24) is 15.0 Å². The molecule has 6 heteroatoms. The van der Waals surface area contributed by atoms with E-state index in [-0.39, 0.29) is 5.95 Å². The van der Waals surface area contributed by atoms with E-state index in [4.69, 9.17) is 20.2 Å². The molecular formula is C22H18N4O2. The molecule has 2 N–H and O–H groups in total. The van der Waals surface area contributed by atoms with E-state index in [1.54, 1.807) is 0 Å². The minimum absolute atomic E-state index is 0.257. The largest absolute Gasteiger partial charge is 0.486 e. The van der Waals surface area contributed by atoms with Gasteiger partial charge < -0.3 is 15.2 Å². The molecule has 5 rings (SSSR count). The number of fused-ring (bicyclic) bond motifs is 2. The van der Waals surface area contributed by atoms with Crippen molar-refractivity contribution in [2.45, 2.75) is 6.42 Å². The maximum Gasteiger partial charge on any atom is 0.220 e. The van der Waals surface area contributed by atoms with Gasteiger partial charge in [0.25, 0.3) is 0 Å². The topological polar surface area (TPSA) is 83.2 Å². The van der Waals surface area contributed by atoms with Crippen LogP contribution in [0.25, 0.3) is 22.3 Å². The highest BCUT2D eigenvalue weighted by atomic mass is 16.6. The van der Waals surface area contributed by atoms with Gasteiger partial charge in [-0.05, 0) is 35.9 Å². The molecule has 6 nitrogen and oxygen atoms in total. The lowest BCUT2D eigenvalue weighted by Crippen LogP contribution is -2.15. The van der Waals surface area contributed by atoms with Crippen molar-refractivity contribution in [1.29, 1.82) is 0 Å². The van der Waals surface area contributed by atoms with E-state index in [0.29, 0.717) is 19.6 Å². The number of aromatic nitrogens is 3. The van der Waals surface area contributed by atoms with E-state index >= 15 is 0 Å². The maximum absolute atomic E-state index is 5.92. The number of rotatable bonds is 3. The van der Waals surface area contributed by atoms with Crippen LogP contribution in [-0.2, 0) is 6.42 Å². The lowest BCUT2D eigenvalue weighted by molar-refractivity contribution is 0.171. The summed E-state index contributed by atoms with van der Waals surface area (Å²) in [4.78, 5) is 13.7. The van der Waals surface area contributed by atoms with Crippen LogP contribution in [-0.4, -0.2) is 28.2 Å². The molecule has 28 heavy (non-hydrogen) atoms. The zero-order chi connectivity index (χ0) is 18.9. The Hall–Kier alpha value is -3.67. The summed E-state index contributed by atoms with van der Waals surface area (Å²) in [5.74, 6) is 1.76. The SMILES string of the molecule is Nc1nc(Cc2ccccc2)c2nc(-c3ccc4c(c3)OCCO4)ccc2n1. The van der Waals surface area contributed by atoms with Crippen molar-refractivity contribution in [3.8, 4) is 22.8 Å². The molecule has 4 aromatic rings. The van der Waals surface area contributed by atoms with Crippen molar-refractivity contribution < 1.29 is 9.47 Å². The average Bonchev–Trinajstić information content (AvgIpc) is 2.74. The summed E-state index contributed by atoms with van der Waals surface area (Å²) in [7, 11) is 0. The number of anilines is 1. The van der Waals surface area contributed by atoms with Crippen molar-refractivity contribution >= 4 is 17.0 Å². The number of hydrogen-bond donors (Lipinski definition) is 1. The molecule has 0 bridgehead atoms. The Morgan fingerprint density at radius 1 is 0.821 bits per heavy atom. The Labute approximate surface area is 162 Å². The Kier molecular flexibility index (Phi) is 4.01. The van der Waals surface area contributed by atoms with Crippen molar-refractivity contribution in [3.63, 3.8) is 0 Å². The lowest BCUT2D eigenvalue weighted by atomic mass is 10.1. The van der Waals surface area contributed by atoms with E-state index in [1.807, 2.05) is 48.5 Å². The summed E-state index contributed by atoms with van der Waals surface area (Å²) in [6.45, 7) is 1.12. The number of nitrogen functional groups attached to an aromatic ring is 1. The number of pyridine rings is 1. The Bertz CT molecular complexity index is 1160. The predicted octanol–water partition coefficient (Wildman–Crippen LogP) is 3.64. The number of nitrogens with two attached hydrogens (primary N) is 1. The second kappa shape index (κ2) is 6.81. The van der Waals surface area contributed by atoms with E-state index in [9.17, 15) is 0 Å². The Morgan fingerprint density at radius 3 is 2.50 bits per heavy atom. The van der Waals surface area contributed by atoms with Gasteiger partial charge in [-0.15, -0.1) is 0 Å². The third-order valence-electron chi connectivity index (χ3n) is 4.68. The second-order valence-electron chi connectivity index (χ2n) is 6.61. The molecule has 0 saturated heterocycles. The van der Waals surface area contributed by atoms with Crippen LogP contribution in [0.2, 0.25) is 0 Å². The monoisotopic (exact) mass is 370 g/mol. The first-order valence-electron chi connectivity index (χ1n) is 9.13. The molecule has 0 amide bonds. The first-order chi connectivity index (χ1) is 13.8. The molecule has 0 aliphatic carbocycles. The lowest BCUT2D eigenvalue weighted by Gasteiger charge is -2.18. The normalized spacial score (nSPS) is 12.9. The van der Waals surface area contributed by atoms with Gasteiger partial charge in [0.15, 0.2) is 11.5 Å². The van der Waals surface area contributed by atoms with Gasteiger partial charge >= 0.3 is 0 Å². The van der Waals surface area contributed by atoms with Crippen LogP contribution in [0.5, 0.6) is 11.5 Å². The summed E-state index contributed by atoms with van der Waals surface area (Å²) in [5, 5.41) is 0. The van der Waals surface area contributed by atoms with Crippen LogP contribution < -0.4 is 15.2 Å². The van der Waals surface area contributed by atoms with Crippen molar-refractivity contribution in [2.75, 3.05) is 18.9 Å². The fourth-order valence-corrected chi connectivity index (χ4v) is 3.37. The summed E-state index contributed by atoms with van der Waals surface area (Å²) < 4.78 is 11.3. The van der Waals surface area contributed by atoms with Crippen LogP contribution in [0.4, 0.5) is 5.95 Å². The quantitative estimate of drug-likeness (QED) is 0.593. The molecule has 0 unspecified atom stereocenters. The molecule has 2 aromatic carbocycles. The van der Waals surface area contributed by atoms with Crippen LogP contribution in [0, 0.1) is 0 Å². The van der Waals surface area contributed by atoms with Gasteiger partial charge in [-0.1, -0.05) is 30.3 Å². The predicted molar refractivity (Wildman–Crippen MR) is 107 cm³/mol. The summed E-state index contributed by atoms with van der Waals surface area (Å²) in [5.41, 5.74) is 11.2. The van der Waals surface area contributed by atoms with Crippen molar-refractivity contribution in [3.05, 3.63) is 71.9 Å². The number of ether oxygens (including phenoxy) is 2. The van der Waals surface area contributed by atoms with Gasteiger partial charge in [0, 0.05) is 12.0 Å². The Balaban J connectivity index is 1.60. The number of nitrogens with zero attached hydrogens (tertiary/aromatic N) is 3. The molecule has 0 saturated carbocycles. The molecule has 0 radical (unpaired) electrons. The number of hydrogen-bond acceptors (Lipinski definition) is 6. The first-order valence-corrected chi connectivity index (χ1v) is 9.13. The molecule has 2 aromatic heterocycles. The molecule has 1 aliphatic rings. The van der Waals surface area contributed by atoms with Crippen LogP contribution >= 0.6 is 0 Å². The molecule has 0 fully saturated rings. The Morgan fingerprint density at radius 2 is 1.64 bits per heavy atom. The molecular weight excluding hydrogens is 352 g/mol. The standard InChI is InChI=1S/C22H18N4O2/c23-22-25-17-8-7-16(15-6-9-19-20(13-15)28-11-10-27-19)24-21(17)18(26-22)12-14-4-2-1-3-5-14/h1-9,13H,10-12H2,(H2,23,25,26). The minimum atomic E-state index is 0.257. The van der Waals surface area contributed by atoms with Crippen molar-refractivity contribution in [2.24, 2.45) is 0 Å². The van der Waals surface area contributed by atoms with Gasteiger partial charge in [-0.3, -0.25) is 0 Å². The van der Waals surface area contributed by atoms with Gasteiger partial charge in [0.1, 0.15) is 18.7 Å². The minimum Gasteiger partial charge on any atom is -0.486 e. The average molecular weight is 370 g/mol. The third-order valence-corrected chi connectivity index (χ3v) is 4.68. The molecule has 0 spiro atoms. The highest BCUT2D eigenvalue weighted by Gasteiger charge is 2.15. The van der Waals surface area contributed by atoms with E-state index in [1.165, 1.54) is 0 Å².